The van der Waals surface area contributed by atoms with Gasteiger partial charge >= 0.3 is 6.09 Å². The van der Waals surface area contributed by atoms with Crippen LogP contribution in [0.15, 0.2) is 42.5 Å². The standard InChI is InChI=1S/C18H21ClN2O3/c1-13-16(19)11-14(12-17(13)23-10-9-21(2)3)20-18(22)24-15-7-5-4-6-8-15/h4-8,11-12H,9-10H2,1-3H3,(H,20,22). The summed E-state index contributed by atoms with van der Waals surface area (Å²) in [6, 6.07) is 12.3. The van der Waals surface area contributed by atoms with Crippen molar-refractivity contribution in [2.45, 2.75) is 6.92 Å². The first kappa shape index (κ1) is 18.1. The quantitative estimate of drug-likeness (QED) is 0.850. The van der Waals surface area contributed by atoms with Gasteiger partial charge in [0.15, 0.2) is 0 Å². The first-order valence-corrected chi connectivity index (χ1v) is 7.95. The Labute approximate surface area is 147 Å². The van der Waals surface area contributed by atoms with Crippen molar-refractivity contribution in [3.63, 3.8) is 0 Å². The van der Waals surface area contributed by atoms with Gasteiger partial charge < -0.3 is 14.4 Å². The van der Waals surface area contributed by atoms with Gasteiger partial charge in [0.25, 0.3) is 0 Å². The maximum Gasteiger partial charge on any atom is 0.417 e. The lowest BCUT2D eigenvalue weighted by Gasteiger charge is -2.15. The summed E-state index contributed by atoms with van der Waals surface area (Å²) >= 11 is 6.22. The third-order valence-corrected chi connectivity index (χ3v) is 3.69. The fourth-order valence-electron chi connectivity index (χ4n) is 1.95. The number of hydrogen-bond donors (Lipinski definition) is 1. The molecule has 0 unspecified atom stereocenters. The molecule has 2 aromatic carbocycles. The number of likely N-dealkylation sites (N-methyl/N-ethyl adjacent to an activating group) is 1. The summed E-state index contributed by atoms with van der Waals surface area (Å²) in [5, 5.41) is 3.18. The van der Waals surface area contributed by atoms with Gasteiger partial charge in [0, 0.05) is 28.9 Å². The molecule has 0 aliphatic heterocycles. The zero-order valence-corrected chi connectivity index (χ0v) is 14.8. The van der Waals surface area contributed by atoms with Crippen LogP contribution in [-0.4, -0.2) is 38.2 Å². The topological polar surface area (TPSA) is 50.8 Å². The molecule has 0 atom stereocenters. The lowest BCUT2D eigenvalue weighted by atomic mass is 10.2. The number of hydrogen-bond acceptors (Lipinski definition) is 4. The minimum Gasteiger partial charge on any atom is -0.492 e. The predicted molar refractivity (Wildman–Crippen MR) is 96.3 cm³/mol. The second-order valence-corrected chi connectivity index (χ2v) is 5.97. The largest absolute Gasteiger partial charge is 0.492 e. The van der Waals surface area contributed by atoms with Crippen LogP contribution in [0.1, 0.15) is 5.56 Å². The van der Waals surface area contributed by atoms with Crippen LogP contribution in [0, 0.1) is 6.92 Å². The molecule has 6 heteroatoms. The molecule has 1 N–H and O–H groups in total. The van der Waals surface area contributed by atoms with E-state index in [-0.39, 0.29) is 0 Å². The van der Waals surface area contributed by atoms with E-state index in [0.29, 0.717) is 28.8 Å². The third kappa shape index (κ3) is 5.44. The molecule has 24 heavy (non-hydrogen) atoms. The highest BCUT2D eigenvalue weighted by atomic mass is 35.5. The zero-order valence-electron chi connectivity index (χ0n) is 14.0. The van der Waals surface area contributed by atoms with E-state index < -0.39 is 6.09 Å². The molecular formula is C18H21ClN2O3. The van der Waals surface area contributed by atoms with Crippen molar-refractivity contribution in [2.75, 3.05) is 32.6 Å². The van der Waals surface area contributed by atoms with E-state index in [1.807, 2.05) is 32.0 Å². The van der Waals surface area contributed by atoms with E-state index >= 15 is 0 Å². The molecule has 2 rings (SSSR count). The lowest BCUT2D eigenvalue weighted by molar-refractivity contribution is 0.215. The van der Waals surface area contributed by atoms with E-state index in [9.17, 15) is 4.79 Å². The van der Waals surface area contributed by atoms with Gasteiger partial charge in [0.1, 0.15) is 18.1 Å². The highest BCUT2D eigenvalue weighted by Crippen LogP contribution is 2.30. The average molecular weight is 349 g/mol. The van der Waals surface area contributed by atoms with Gasteiger partial charge in [-0.2, -0.15) is 0 Å². The van der Waals surface area contributed by atoms with Crippen LogP contribution in [0.2, 0.25) is 5.02 Å². The molecule has 0 spiro atoms. The third-order valence-electron chi connectivity index (χ3n) is 3.29. The fraction of sp³-hybridized carbons (Fsp3) is 0.278. The SMILES string of the molecule is Cc1c(Cl)cc(NC(=O)Oc2ccccc2)cc1OCCN(C)C. The Bertz CT molecular complexity index is 690. The van der Waals surface area contributed by atoms with Crippen molar-refractivity contribution in [1.82, 2.24) is 4.90 Å². The molecule has 5 nitrogen and oxygen atoms in total. The van der Waals surface area contributed by atoms with E-state index in [1.165, 1.54) is 0 Å². The molecule has 2 aromatic rings. The van der Waals surface area contributed by atoms with Crippen molar-refractivity contribution in [1.29, 1.82) is 0 Å². The van der Waals surface area contributed by atoms with E-state index in [2.05, 4.69) is 5.32 Å². The number of carbonyl (C=O) groups excluding carboxylic acids is 1. The molecular weight excluding hydrogens is 328 g/mol. The van der Waals surface area contributed by atoms with Gasteiger partial charge in [-0.15, -0.1) is 0 Å². The Hall–Kier alpha value is -2.24. The van der Waals surface area contributed by atoms with Crippen LogP contribution in [0.3, 0.4) is 0 Å². The number of carbonyl (C=O) groups is 1. The van der Waals surface area contributed by atoms with Gasteiger partial charge in [-0.05, 0) is 39.2 Å². The van der Waals surface area contributed by atoms with Crippen LogP contribution in [0.25, 0.3) is 0 Å². The molecule has 128 valence electrons. The normalized spacial score (nSPS) is 10.5. The number of nitrogens with zero attached hydrogens (tertiary/aromatic N) is 1. The van der Waals surface area contributed by atoms with Crippen LogP contribution in [0.5, 0.6) is 11.5 Å². The Morgan fingerprint density at radius 1 is 1.21 bits per heavy atom. The Morgan fingerprint density at radius 3 is 2.58 bits per heavy atom. The Morgan fingerprint density at radius 2 is 1.92 bits per heavy atom. The number of para-hydroxylation sites is 1. The monoisotopic (exact) mass is 348 g/mol. The Balaban J connectivity index is 2.04. The molecule has 0 bridgehead atoms. The molecule has 0 aliphatic rings. The predicted octanol–water partition coefficient (Wildman–Crippen LogP) is 4.20. The smallest absolute Gasteiger partial charge is 0.417 e. The molecule has 0 heterocycles. The number of amides is 1. The van der Waals surface area contributed by atoms with Gasteiger partial charge in [0.2, 0.25) is 0 Å². The van der Waals surface area contributed by atoms with Crippen molar-refractivity contribution >= 4 is 23.4 Å². The highest BCUT2D eigenvalue weighted by molar-refractivity contribution is 6.31. The zero-order chi connectivity index (χ0) is 17.5. The average Bonchev–Trinajstić information content (AvgIpc) is 2.52. The molecule has 0 radical (unpaired) electrons. The van der Waals surface area contributed by atoms with E-state index in [1.54, 1.807) is 36.4 Å². The molecule has 0 saturated carbocycles. The summed E-state index contributed by atoms with van der Waals surface area (Å²) in [5.74, 6) is 1.11. The number of ether oxygens (including phenoxy) is 2. The van der Waals surface area contributed by atoms with E-state index in [0.717, 1.165) is 12.1 Å². The summed E-state index contributed by atoms with van der Waals surface area (Å²) in [4.78, 5) is 14.0. The van der Waals surface area contributed by atoms with Crippen LogP contribution in [0.4, 0.5) is 10.5 Å². The van der Waals surface area contributed by atoms with Gasteiger partial charge in [0.05, 0.1) is 0 Å². The number of benzene rings is 2. The van der Waals surface area contributed by atoms with Gasteiger partial charge in [-0.3, -0.25) is 5.32 Å². The first-order valence-electron chi connectivity index (χ1n) is 7.57. The second-order valence-electron chi connectivity index (χ2n) is 5.56. The number of halogens is 1. The number of anilines is 1. The highest BCUT2D eigenvalue weighted by Gasteiger charge is 2.11. The summed E-state index contributed by atoms with van der Waals surface area (Å²) in [6.07, 6.45) is -0.583. The van der Waals surface area contributed by atoms with Crippen LogP contribution in [-0.2, 0) is 0 Å². The minimum atomic E-state index is -0.583. The number of rotatable bonds is 6. The summed E-state index contributed by atoms with van der Waals surface area (Å²) in [5.41, 5.74) is 1.35. The number of nitrogens with one attached hydrogen (secondary N) is 1. The van der Waals surface area contributed by atoms with Crippen molar-refractivity contribution < 1.29 is 14.3 Å². The Kier molecular flexibility index (Phi) is 6.46. The molecule has 0 aliphatic carbocycles. The lowest BCUT2D eigenvalue weighted by Crippen LogP contribution is -2.20. The van der Waals surface area contributed by atoms with Gasteiger partial charge in [-0.1, -0.05) is 29.8 Å². The maximum absolute atomic E-state index is 12.0. The molecule has 0 aromatic heterocycles. The van der Waals surface area contributed by atoms with Crippen molar-refractivity contribution in [3.05, 3.63) is 53.1 Å². The van der Waals surface area contributed by atoms with Crippen molar-refractivity contribution in [3.8, 4) is 11.5 Å². The second kappa shape index (κ2) is 8.57. The maximum atomic E-state index is 12.0. The van der Waals surface area contributed by atoms with Crippen LogP contribution < -0.4 is 14.8 Å². The molecule has 0 fully saturated rings. The summed E-state index contributed by atoms with van der Waals surface area (Å²) in [7, 11) is 3.95. The first-order chi connectivity index (χ1) is 11.5. The van der Waals surface area contributed by atoms with E-state index in [4.69, 9.17) is 21.1 Å². The molecule has 1 amide bonds. The molecule has 0 saturated heterocycles. The fourth-order valence-corrected chi connectivity index (χ4v) is 2.16. The van der Waals surface area contributed by atoms with Crippen molar-refractivity contribution in [2.24, 2.45) is 0 Å². The van der Waals surface area contributed by atoms with Gasteiger partial charge in [-0.25, -0.2) is 4.79 Å². The van der Waals surface area contributed by atoms with Crippen LogP contribution >= 0.6 is 11.6 Å². The minimum absolute atomic E-state index is 0.468. The summed E-state index contributed by atoms with van der Waals surface area (Å²) < 4.78 is 11.0. The summed E-state index contributed by atoms with van der Waals surface area (Å²) in [6.45, 7) is 3.19.